The zero-order valence-corrected chi connectivity index (χ0v) is 27.8. The quantitative estimate of drug-likeness (QED) is 0.0601. The molecule has 0 aliphatic rings. The van der Waals surface area contributed by atoms with Crippen molar-refractivity contribution in [2.75, 3.05) is 6.61 Å². The Kier molecular flexibility index (Phi) is 28.0. The van der Waals surface area contributed by atoms with E-state index in [4.69, 9.17) is 4.74 Å². The number of unbranched alkanes of at least 4 members (excludes halogenated alkanes) is 27. The molecule has 1 aromatic rings. The normalized spacial score (nSPS) is 11.3. The van der Waals surface area contributed by atoms with Crippen molar-refractivity contribution in [3.63, 3.8) is 0 Å². The van der Waals surface area contributed by atoms with Gasteiger partial charge < -0.3 is 4.74 Å². The molecule has 0 bridgehead atoms. The lowest BCUT2D eigenvalue weighted by Gasteiger charge is -2.06. The van der Waals surface area contributed by atoms with Crippen molar-refractivity contribution in [2.45, 2.75) is 187 Å². The van der Waals surface area contributed by atoms with Crippen molar-refractivity contribution in [2.24, 2.45) is 0 Å². The fourth-order valence-electron chi connectivity index (χ4n) is 5.49. The third kappa shape index (κ3) is 26.0. The molecule has 0 unspecified atom stereocenters. The Hall–Kier alpha value is -0.250. The predicted molar refractivity (Wildman–Crippen MR) is 180 cm³/mol. The van der Waals surface area contributed by atoms with Gasteiger partial charge in [-0.3, -0.25) is 0 Å². The third-order valence-corrected chi connectivity index (χ3v) is 8.80. The van der Waals surface area contributed by atoms with Crippen LogP contribution in [-0.2, 0) is 0 Å². The fraction of sp³-hybridized carbons (Fsp3) is 0.833. The van der Waals surface area contributed by atoms with Crippen LogP contribution < -0.4 is 4.74 Å². The molecule has 0 N–H and O–H groups in total. The van der Waals surface area contributed by atoms with Crippen LogP contribution in [0.2, 0.25) is 0 Å². The Morgan fingerprint density at radius 2 is 0.658 bits per heavy atom. The summed E-state index contributed by atoms with van der Waals surface area (Å²) in [5, 5.41) is 0. The molecule has 0 amide bonds. The molecule has 0 saturated heterocycles. The number of rotatable bonds is 30. The molecule has 0 saturated carbocycles. The van der Waals surface area contributed by atoms with E-state index in [1.807, 2.05) is 0 Å². The average molecular weight is 641 g/mol. The van der Waals surface area contributed by atoms with Gasteiger partial charge in [-0.1, -0.05) is 180 Å². The van der Waals surface area contributed by atoms with Gasteiger partial charge in [-0.05, 0) is 53.3 Å². The Balaban J connectivity index is 1.64. The largest absolute Gasteiger partial charge is 0.494 e. The Morgan fingerprint density at radius 1 is 0.395 bits per heavy atom. The highest BCUT2D eigenvalue weighted by atomic mass is 127. The molecule has 0 aliphatic carbocycles. The molecule has 38 heavy (non-hydrogen) atoms. The van der Waals surface area contributed by atoms with Crippen LogP contribution in [0.15, 0.2) is 24.3 Å². The minimum absolute atomic E-state index is 0.861. The molecular weight excluding hydrogens is 575 g/mol. The van der Waals surface area contributed by atoms with Crippen LogP contribution in [0.3, 0.4) is 0 Å². The average Bonchev–Trinajstić information content (AvgIpc) is 2.93. The molecule has 0 aliphatic heterocycles. The second-order valence-corrected chi connectivity index (χ2v) is 13.1. The first-order valence-electron chi connectivity index (χ1n) is 17.2. The van der Waals surface area contributed by atoms with Gasteiger partial charge in [0.2, 0.25) is 0 Å². The van der Waals surface area contributed by atoms with E-state index < -0.39 is 0 Å². The van der Waals surface area contributed by atoms with Gasteiger partial charge in [-0.15, -0.1) is 0 Å². The minimum atomic E-state index is 0.861. The SMILES string of the molecule is CCCCCCCCCCCCCCCCCCCCCCCCCCCCCCOc1ccc(I)cc1. The highest BCUT2D eigenvalue weighted by Gasteiger charge is 1.97. The highest BCUT2D eigenvalue weighted by molar-refractivity contribution is 14.1. The second-order valence-electron chi connectivity index (χ2n) is 11.8. The summed E-state index contributed by atoms with van der Waals surface area (Å²) >= 11 is 2.33. The molecule has 0 atom stereocenters. The third-order valence-electron chi connectivity index (χ3n) is 8.08. The van der Waals surface area contributed by atoms with Gasteiger partial charge >= 0.3 is 0 Å². The summed E-state index contributed by atoms with van der Waals surface area (Å²) in [5.41, 5.74) is 0. The topological polar surface area (TPSA) is 9.23 Å². The number of benzene rings is 1. The van der Waals surface area contributed by atoms with Gasteiger partial charge in [0.15, 0.2) is 0 Å². The summed E-state index contributed by atoms with van der Waals surface area (Å²) in [7, 11) is 0. The van der Waals surface area contributed by atoms with E-state index in [2.05, 4.69) is 53.8 Å². The smallest absolute Gasteiger partial charge is 0.119 e. The molecule has 1 aromatic carbocycles. The van der Waals surface area contributed by atoms with Crippen molar-refractivity contribution in [3.05, 3.63) is 27.8 Å². The second kappa shape index (κ2) is 29.7. The van der Waals surface area contributed by atoms with Gasteiger partial charge in [-0.2, -0.15) is 0 Å². The van der Waals surface area contributed by atoms with Crippen LogP contribution in [0.5, 0.6) is 5.75 Å². The van der Waals surface area contributed by atoms with Gasteiger partial charge in [0.25, 0.3) is 0 Å². The summed E-state index contributed by atoms with van der Waals surface area (Å²) < 4.78 is 7.08. The maximum absolute atomic E-state index is 5.82. The van der Waals surface area contributed by atoms with Crippen molar-refractivity contribution >= 4 is 22.6 Å². The first-order chi connectivity index (χ1) is 18.8. The molecule has 0 heterocycles. The summed E-state index contributed by atoms with van der Waals surface area (Å²) in [6, 6.07) is 8.36. The van der Waals surface area contributed by atoms with Crippen LogP contribution in [0, 0.1) is 3.57 Å². The number of hydrogen-bond donors (Lipinski definition) is 0. The van der Waals surface area contributed by atoms with E-state index in [0.29, 0.717) is 0 Å². The van der Waals surface area contributed by atoms with E-state index in [9.17, 15) is 0 Å². The molecular formula is C36H65IO. The van der Waals surface area contributed by atoms with Crippen molar-refractivity contribution in [1.82, 2.24) is 0 Å². The molecule has 222 valence electrons. The van der Waals surface area contributed by atoms with E-state index in [-0.39, 0.29) is 0 Å². The number of ether oxygens (including phenoxy) is 1. The summed E-state index contributed by atoms with van der Waals surface area (Å²) in [4.78, 5) is 0. The summed E-state index contributed by atoms with van der Waals surface area (Å²) in [5.74, 6) is 1.01. The van der Waals surface area contributed by atoms with Gasteiger partial charge in [-0.25, -0.2) is 0 Å². The van der Waals surface area contributed by atoms with Crippen LogP contribution in [-0.4, -0.2) is 6.61 Å². The van der Waals surface area contributed by atoms with Gasteiger partial charge in [0.1, 0.15) is 5.75 Å². The maximum Gasteiger partial charge on any atom is 0.119 e. The van der Waals surface area contributed by atoms with Crippen LogP contribution in [0.25, 0.3) is 0 Å². The predicted octanol–water partition coefficient (Wildman–Crippen LogP) is 13.6. The van der Waals surface area contributed by atoms with E-state index in [1.165, 1.54) is 183 Å². The first kappa shape index (κ1) is 35.8. The molecule has 1 rings (SSSR count). The highest BCUT2D eigenvalue weighted by Crippen LogP contribution is 2.17. The van der Waals surface area contributed by atoms with Crippen LogP contribution in [0.4, 0.5) is 0 Å². The van der Waals surface area contributed by atoms with Crippen molar-refractivity contribution in [3.8, 4) is 5.75 Å². The lowest BCUT2D eigenvalue weighted by atomic mass is 10.0. The van der Waals surface area contributed by atoms with E-state index >= 15 is 0 Å². The van der Waals surface area contributed by atoms with Crippen LogP contribution >= 0.6 is 22.6 Å². The fourth-order valence-corrected chi connectivity index (χ4v) is 5.85. The van der Waals surface area contributed by atoms with E-state index in [1.54, 1.807) is 0 Å². The standard InChI is InChI=1S/C36H65IO/c1-2-3-4-5-6-7-8-9-10-11-12-13-14-15-16-17-18-19-20-21-22-23-24-25-26-27-28-29-34-38-36-32-30-35(37)31-33-36/h30-33H,2-29,34H2,1H3. The number of hydrogen-bond acceptors (Lipinski definition) is 1. The van der Waals surface area contributed by atoms with Gasteiger partial charge in [0.05, 0.1) is 6.61 Å². The lowest BCUT2D eigenvalue weighted by Crippen LogP contribution is -1.97. The summed E-state index contributed by atoms with van der Waals surface area (Å²) in [6.45, 7) is 3.17. The summed E-state index contributed by atoms with van der Waals surface area (Å²) in [6.07, 6.45) is 40.5. The molecule has 0 fully saturated rings. The Bertz CT molecular complexity index is 569. The van der Waals surface area contributed by atoms with Crippen LogP contribution in [0.1, 0.15) is 187 Å². The molecule has 0 spiro atoms. The zero-order valence-electron chi connectivity index (χ0n) is 25.6. The number of halogens is 1. The molecule has 0 radical (unpaired) electrons. The lowest BCUT2D eigenvalue weighted by molar-refractivity contribution is 0.304. The van der Waals surface area contributed by atoms with E-state index in [0.717, 1.165) is 12.4 Å². The maximum atomic E-state index is 5.82. The molecule has 2 heteroatoms. The van der Waals surface area contributed by atoms with Crippen molar-refractivity contribution in [1.29, 1.82) is 0 Å². The van der Waals surface area contributed by atoms with Crippen molar-refractivity contribution < 1.29 is 4.74 Å². The van der Waals surface area contributed by atoms with Gasteiger partial charge in [0, 0.05) is 3.57 Å². The zero-order chi connectivity index (χ0) is 27.2. The molecule has 1 nitrogen and oxygen atoms in total. The monoisotopic (exact) mass is 640 g/mol. The minimum Gasteiger partial charge on any atom is -0.494 e. The Labute approximate surface area is 253 Å². The first-order valence-corrected chi connectivity index (χ1v) is 18.3. The Morgan fingerprint density at radius 3 is 0.947 bits per heavy atom. The molecule has 0 aromatic heterocycles.